The first kappa shape index (κ1) is 11.5. The molecule has 1 saturated carbocycles. The van der Waals surface area contributed by atoms with Crippen molar-refractivity contribution in [2.45, 2.75) is 52.4 Å². The van der Waals surface area contributed by atoms with E-state index in [1.165, 1.54) is 25.7 Å². The van der Waals surface area contributed by atoms with Crippen LogP contribution in [0, 0.1) is 11.8 Å². The molecular weight excluding hydrogens is 172 g/mol. The molecule has 0 aromatic heterocycles. The van der Waals surface area contributed by atoms with Crippen LogP contribution in [-0.2, 0) is 4.79 Å². The monoisotopic (exact) mass is 194 g/mol. The van der Waals surface area contributed by atoms with Gasteiger partial charge in [0.15, 0.2) is 0 Å². The van der Waals surface area contributed by atoms with E-state index in [4.69, 9.17) is 0 Å². The van der Waals surface area contributed by atoms with Crippen molar-refractivity contribution >= 4 is 5.78 Å². The topological polar surface area (TPSA) is 17.1 Å². The summed E-state index contributed by atoms with van der Waals surface area (Å²) < 4.78 is 0. The Labute approximate surface area is 87.6 Å². The van der Waals surface area contributed by atoms with Gasteiger partial charge >= 0.3 is 0 Å². The minimum Gasteiger partial charge on any atom is -0.299 e. The zero-order chi connectivity index (χ0) is 10.4. The van der Waals surface area contributed by atoms with Gasteiger partial charge in [0.25, 0.3) is 0 Å². The fraction of sp³-hybridized carbons (Fsp3) is 0.769. The molecule has 1 fully saturated rings. The van der Waals surface area contributed by atoms with Gasteiger partial charge in [-0.25, -0.2) is 0 Å². The summed E-state index contributed by atoms with van der Waals surface area (Å²) in [5.41, 5.74) is 0. The Balaban J connectivity index is 2.35. The Morgan fingerprint density at radius 1 is 1.50 bits per heavy atom. The number of carbonyl (C=O) groups excluding carboxylic acids is 1. The van der Waals surface area contributed by atoms with E-state index in [0.717, 1.165) is 12.8 Å². The number of rotatable bonds is 4. The van der Waals surface area contributed by atoms with Crippen molar-refractivity contribution in [2.24, 2.45) is 11.8 Å². The second-order valence-corrected chi connectivity index (χ2v) is 4.38. The number of hydrogen-bond acceptors (Lipinski definition) is 1. The van der Waals surface area contributed by atoms with Gasteiger partial charge in [-0.2, -0.15) is 0 Å². The maximum absolute atomic E-state index is 11.5. The number of ketones is 1. The van der Waals surface area contributed by atoms with Crippen molar-refractivity contribution in [1.29, 1.82) is 0 Å². The summed E-state index contributed by atoms with van der Waals surface area (Å²) in [5, 5.41) is 0. The maximum atomic E-state index is 11.5. The molecule has 0 saturated heterocycles. The van der Waals surface area contributed by atoms with Crippen LogP contribution in [0.3, 0.4) is 0 Å². The molecule has 1 aliphatic carbocycles. The highest BCUT2D eigenvalue weighted by Gasteiger charge is 2.25. The van der Waals surface area contributed by atoms with E-state index >= 15 is 0 Å². The van der Waals surface area contributed by atoms with Gasteiger partial charge in [-0.15, -0.1) is 0 Å². The van der Waals surface area contributed by atoms with Crippen molar-refractivity contribution < 1.29 is 4.79 Å². The van der Waals surface area contributed by atoms with Crippen LogP contribution >= 0.6 is 0 Å². The molecule has 14 heavy (non-hydrogen) atoms. The van der Waals surface area contributed by atoms with E-state index in [2.05, 4.69) is 26.0 Å². The lowest BCUT2D eigenvalue weighted by atomic mass is 9.79. The first-order valence-electron chi connectivity index (χ1n) is 5.95. The first-order valence-corrected chi connectivity index (χ1v) is 5.95. The van der Waals surface area contributed by atoms with E-state index in [0.29, 0.717) is 11.7 Å². The van der Waals surface area contributed by atoms with E-state index in [-0.39, 0.29) is 5.92 Å². The molecule has 80 valence electrons. The molecule has 1 nitrogen and oxygen atoms in total. The summed E-state index contributed by atoms with van der Waals surface area (Å²) in [6, 6.07) is 0. The molecule has 0 aromatic carbocycles. The van der Waals surface area contributed by atoms with Crippen molar-refractivity contribution in [3.8, 4) is 0 Å². The molecular formula is C13H22O. The fourth-order valence-electron chi connectivity index (χ4n) is 2.08. The summed E-state index contributed by atoms with van der Waals surface area (Å²) in [7, 11) is 0. The largest absolute Gasteiger partial charge is 0.299 e. The van der Waals surface area contributed by atoms with Crippen LogP contribution < -0.4 is 0 Å². The number of carbonyl (C=O) groups is 1. The smallest absolute Gasteiger partial charge is 0.136 e. The average Bonchev–Trinajstić information content (AvgIpc) is 2.19. The summed E-state index contributed by atoms with van der Waals surface area (Å²) in [6.45, 7) is 4.29. The Morgan fingerprint density at radius 3 is 3.00 bits per heavy atom. The van der Waals surface area contributed by atoms with Gasteiger partial charge in [0.2, 0.25) is 0 Å². The second kappa shape index (κ2) is 6.00. The lowest BCUT2D eigenvalue weighted by molar-refractivity contribution is -0.125. The molecule has 2 unspecified atom stereocenters. The number of Topliss-reactive ketones (excluding diaryl/α,β-unsaturated/α-hetero) is 1. The SMILES string of the molecule is CCCCC=CC1CCCC(=O)C1C. The molecule has 0 radical (unpaired) electrons. The summed E-state index contributed by atoms with van der Waals surface area (Å²) in [5.74, 6) is 1.25. The van der Waals surface area contributed by atoms with Gasteiger partial charge in [-0.05, 0) is 25.2 Å². The predicted octanol–water partition coefficient (Wildman–Crippen LogP) is 3.74. The van der Waals surface area contributed by atoms with Crippen molar-refractivity contribution in [3.05, 3.63) is 12.2 Å². The Bertz CT molecular complexity index is 205. The number of unbranched alkanes of at least 4 members (excludes halogenated alkanes) is 2. The fourth-order valence-corrected chi connectivity index (χ4v) is 2.08. The number of allylic oxidation sites excluding steroid dienone is 2. The molecule has 0 heterocycles. The molecule has 1 heteroatoms. The van der Waals surface area contributed by atoms with Crippen LogP contribution in [0.15, 0.2) is 12.2 Å². The highest BCUT2D eigenvalue weighted by molar-refractivity contribution is 5.81. The highest BCUT2D eigenvalue weighted by atomic mass is 16.1. The van der Waals surface area contributed by atoms with Crippen LogP contribution in [0.25, 0.3) is 0 Å². The van der Waals surface area contributed by atoms with Crippen LogP contribution in [0.5, 0.6) is 0 Å². The average molecular weight is 194 g/mol. The Kier molecular flexibility index (Phi) is 4.92. The van der Waals surface area contributed by atoms with Gasteiger partial charge in [-0.1, -0.05) is 38.8 Å². The molecule has 1 rings (SSSR count). The quantitative estimate of drug-likeness (QED) is 0.492. The molecule has 0 spiro atoms. The van der Waals surface area contributed by atoms with Crippen molar-refractivity contribution in [1.82, 2.24) is 0 Å². The molecule has 0 aliphatic heterocycles. The summed E-state index contributed by atoms with van der Waals surface area (Å²) >= 11 is 0. The lowest BCUT2D eigenvalue weighted by Gasteiger charge is -2.24. The van der Waals surface area contributed by atoms with E-state index < -0.39 is 0 Å². The highest BCUT2D eigenvalue weighted by Crippen LogP contribution is 2.28. The zero-order valence-electron chi connectivity index (χ0n) is 9.46. The Hall–Kier alpha value is -0.590. The first-order chi connectivity index (χ1) is 6.75. The van der Waals surface area contributed by atoms with E-state index in [9.17, 15) is 4.79 Å². The van der Waals surface area contributed by atoms with Crippen LogP contribution in [-0.4, -0.2) is 5.78 Å². The van der Waals surface area contributed by atoms with E-state index in [1.54, 1.807) is 0 Å². The minimum absolute atomic E-state index is 0.265. The predicted molar refractivity (Wildman–Crippen MR) is 60.2 cm³/mol. The molecule has 2 atom stereocenters. The number of hydrogen-bond donors (Lipinski definition) is 0. The van der Waals surface area contributed by atoms with Crippen LogP contribution in [0.1, 0.15) is 52.4 Å². The maximum Gasteiger partial charge on any atom is 0.136 e. The van der Waals surface area contributed by atoms with Gasteiger partial charge in [0.05, 0.1) is 0 Å². The standard InChI is InChI=1S/C13H22O/c1-3-4-5-6-8-12-9-7-10-13(14)11(12)2/h6,8,11-12H,3-5,7,9-10H2,1-2H3. The van der Waals surface area contributed by atoms with Crippen LogP contribution in [0.2, 0.25) is 0 Å². The molecule has 1 aliphatic rings. The molecule has 0 N–H and O–H groups in total. The lowest BCUT2D eigenvalue weighted by Crippen LogP contribution is -2.24. The second-order valence-electron chi connectivity index (χ2n) is 4.38. The third kappa shape index (κ3) is 3.28. The van der Waals surface area contributed by atoms with Crippen molar-refractivity contribution in [3.63, 3.8) is 0 Å². The summed E-state index contributed by atoms with van der Waals surface area (Å²) in [4.78, 5) is 11.5. The molecule has 0 amide bonds. The third-order valence-corrected chi connectivity index (χ3v) is 3.22. The van der Waals surface area contributed by atoms with E-state index in [1.807, 2.05) is 0 Å². The van der Waals surface area contributed by atoms with Gasteiger partial charge in [-0.3, -0.25) is 4.79 Å². The van der Waals surface area contributed by atoms with Crippen molar-refractivity contribution in [2.75, 3.05) is 0 Å². The third-order valence-electron chi connectivity index (χ3n) is 3.22. The summed E-state index contributed by atoms with van der Waals surface area (Å²) in [6.07, 6.45) is 11.3. The van der Waals surface area contributed by atoms with Crippen LogP contribution in [0.4, 0.5) is 0 Å². The normalized spacial score (nSPS) is 28.6. The molecule has 0 aromatic rings. The minimum atomic E-state index is 0.265. The Morgan fingerprint density at radius 2 is 2.29 bits per heavy atom. The van der Waals surface area contributed by atoms with Gasteiger partial charge in [0, 0.05) is 12.3 Å². The zero-order valence-corrected chi connectivity index (χ0v) is 9.46. The van der Waals surface area contributed by atoms with Gasteiger partial charge < -0.3 is 0 Å². The molecule has 0 bridgehead atoms. The van der Waals surface area contributed by atoms with Gasteiger partial charge in [0.1, 0.15) is 5.78 Å².